The Morgan fingerprint density at radius 1 is 1.44 bits per heavy atom. The van der Waals surface area contributed by atoms with Crippen molar-refractivity contribution < 1.29 is 17.9 Å². The van der Waals surface area contributed by atoms with Crippen molar-refractivity contribution in [2.45, 2.75) is 37.7 Å². The number of sulfone groups is 1. The topological polar surface area (TPSA) is 60.4 Å². The molecule has 1 heterocycles. The van der Waals surface area contributed by atoms with E-state index in [-0.39, 0.29) is 23.1 Å². The van der Waals surface area contributed by atoms with Gasteiger partial charge in [0, 0.05) is 18.8 Å². The van der Waals surface area contributed by atoms with E-state index in [4.69, 9.17) is 4.74 Å². The van der Waals surface area contributed by atoms with Crippen LogP contribution in [0.2, 0.25) is 0 Å². The zero-order valence-corrected chi connectivity index (χ0v) is 10.4. The third-order valence-corrected chi connectivity index (χ3v) is 4.43. The van der Waals surface area contributed by atoms with Crippen molar-refractivity contribution in [3.63, 3.8) is 0 Å². The highest BCUT2D eigenvalue weighted by molar-refractivity contribution is 7.91. The van der Waals surface area contributed by atoms with E-state index in [1.54, 1.807) is 0 Å². The van der Waals surface area contributed by atoms with Crippen molar-refractivity contribution in [1.82, 2.24) is 0 Å². The highest BCUT2D eigenvalue weighted by Gasteiger charge is 2.44. The van der Waals surface area contributed by atoms with Gasteiger partial charge >= 0.3 is 0 Å². The fourth-order valence-electron chi connectivity index (χ4n) is 2.60. The normalized spacial score (nSPS) is 28.7. The predicted molar refractivity (Wildman–Crippen MR) is 60.0 cm³/mol. The Morgan fingerprint density at radius 2 is 2.12 bits per heavy atom. The molecule has 1 saturated heterocycles. The summed E-state index contributed by atoms with van der Waals surface area (Å²) in [6.45, 7) is 0.597. The summed E-state index contributed by atoms with van der Waals surface area (Å²) in [4.78, 5) is 11.8. The van der Waals surface area contributed by atoms with Gasteiger partial charge in [-0.1, -0.05) is 0 Å². The maximum absolute atomic E-state index is 11.8. The quantitative estimate of drug-likeness (QED) is 0.744. The van der Waals surface area contributed by atoms with E-state index < -0.39 is 9.84 Å². The SMILES string of the molecule is CS(=O)(=O)CC(=O)C1CCOC2(CCC2)C1. The Kier molecular flexibility index (Phi) is 3.09. The van der Waals surface area contributed by atoms with Crippen molar-refractivity contribution in [3.05, 3.63) is 0 Å². The standard InChI is InChI=1S/C11H18O4S/c1-16(13,14)8-10(12)9-3-6-15-11(7-9)4-2-5-11/h9H,2-8H2,1H3. The van der Waals surface area contributed by atoms with Crippen molar-refractivity contribution in [2.24, 2.45) is 5.92 Å². The molecule has 1 atom stereocenters. The number of rotatable bonds is 3. The van der Waals surface area contributed by atoms with Crippen molar-refractivity contribution in [2.75, 3.05) is 18.6 Å². The number of ketones is 1. The Hall–Kier alpha value is -0.420. The highest BCUT2D eigenvalue weighted by atomic mass is 32.2. The summed E-state index contributed by atoms with van der Waals surface area (Å²) < 4.78 is 27.9. The van der Waals surface area contributed by atoms with Crippen LogP contribution in [0.1, 0.15) is 32.1 Å². The van der Waals surface area contributed by atoms with E-state index in [0.29, 0.717) is 13.0 Å². The smallest absolute Gasteiger partial charge is 0.154 e. The lowest BCUT2D eigenvalue weighted by Gasteiger charge is -2.46. The number of hydrogen-bond donors (Lipinski definition) is 0. The zero-order valence-electron chi connectivity index (χ0n) is 9.57. The van der Waals surface area contributed by atoms with Crippen LogP contribution in [-0.4, -0.2) is 38.4 Å². The first-order valence-electron chi connectivity index (χ1n) is 5.75. The van der Waals surface area contributed by atoms with Crippen LogP contribution in [0.5, 0.6) is 0 Å². The van der Waals surface area contributed by atoms with Crippen LogP contribution >= 0.6 is 0 Å². The van der Waals surface area contributed by atoms with E-state index in [2.05, 4.69) is 0 Å². The third-order valence-electron chi connectivity index (χ3n) is 3.62. The molecule has 1 aliphatic carbocycles. The highest BCUT2D eigenvalue weighted by Crippen LogP contribution is 2.44. The van der Waals surface area contributed by atoms with Gasteiger partial charge in [-0.25, -0.2) is 8.42 Å². The first kappa shape index (κ1) is 12.0. The summed E-state index contributed by atoms with van der Waals surface area (Å²) in [5.41, 5.74) is -0.0872. The summed E-state index contributed by atoms with van der Waals surface area (Å²) in [6, 6.07) is 0. The predicted octanol–water partition coefficient (Wildman–Crippen LogP) is 0.949. The van der Waals surface area contributed by atoms with E-state index in [9.17, 15) is 13.2 Å². The van der Waals surface area contributed by atoms with E-state index in [0.717, 1.165) is 31.9 Å². The van der Waals surface area contributed by atoms with E-state index in [1.807, 2.05) is 0 Å². The number of Topliss-reactive ketones (excluding diaryl/α,β-unsaturated/α-hetero) is 1. The summed E-state index contributed by atoms with van der Waals surface area (Å²) in [6.07, 6.45) is 5.72. The molecule has 0 aromatic heterocycles. The molecule has 1 saturated carbocycles. The Morgan fingerprint density at radius 3 is 2.62 bits per heavy atom. The van der Waals surface area contributed by atoms with Crippen LogP contribution in [0.3, 0.4) is 0 Å². The van der Waals surface area contributed by atoms with Gasteiger partial charge in [-0.05, 0) is 32.1 Å². The minimum atomic E-state index is -3.19. The maximum Gasteiger partial charge on any atom is 0.154 e. The Balaban J connectivity index is 1.96. The van der Waals surface area contributed by atoms with Gasteiger partial charge in [0.15, 0.2) is 15.6 Å². The molecule has 1 spiro atoms. The summed E-state index contributed by atoms with van der Waals surface area (Å²) in [5.74, 6) is -0.547. The van der Waals surface area contributed by atoms with Gasteiger partial charge in [-0.15, -0.1) is 0 Å². The molecule has 2 rings (SSSR count). The van der Waals surface area contributed by atoms with Gasteiger partial charge in [-0.2, -0.15) is 0 Å². The van der Waals surface area contributed by atoms with Crippen LogP contribution in [-0.2, 0) is 19.4 Å². The first-order valence-corrected chi connectivity index (χ1v) is 7.81. The number of carbonyl (C=O) groups is 1. The average molecular weight is 246 g/mol. The minimum Gasteiger partial charge on any atom is -0.375 e. The second kappa shape index (κ2) is 4.11. The third kappa shape index (κ3) is 2.63. The first-order chi connectivity index (χ1) is 7.40. The zero-order chi connectivity index (χ0) is 11.8. The molecular formula is C11H18O4S. The van der Waals surface area contributed by atoms with Crippen LogP contribution < -0.4 is 0 Å². The molecule has 0 aromatic rings. The molecule has 0 bridgehead atoms. The largest absolute Gasteiger partial charge is 0.375 e. The minimum absolute atomic E-state index is 0.0872. The molecular weight excluding hydrogens is 228 g/mol. The van der Waals surface area contributed by atoms with Gasteiger partial charge in [0.25, 0.3) is 0 Å². The van der Waals surface area contributed by atoms with Gasteiger partial charge in [0.05, 0.1) is 5.60 Å². The van der Waals surface area contributed by atoms with Crippen LogP contribution in [0.15, 0.2) is 0 Å². The summed E-state index contributed by atoms with van der Waals surface area (Å²) >= 11 is 0. The van der Waals surface area contributed by atoms with Crippen molar-refractivity contribution in [1.29, 1.82) is 0 Å². The summed E-state index contributed by atoms with van der Waals surface area (Å²) in [5, 5.41) is 0. The van der Waals surface area contributed by atoms with E-state index >= 15 is 0 Å². The Labute approximate surface area is 96.3 Å². The Bertz CT molecular complexity index is 381. The molecule has 0 aromatic carbocycles. The molecule has 0 amide bonds. The van der Waals surface area contributed by atoms with Crippen molar-refractivity contribution >= 4 is 15.6 Å². The van der Waals surface area contributed by atoms with Crippen LogP contribution in [0.4, 0.5) is 0 Å². The van der Waals surface area contributed by atoms with Gasteiger partial charge in [0.1, 0.15) is 5.75 Å². The van der Waals surface area contributed by atoms with Gasteiger partial charge in [-0.3, -0.25) is 4.79 Å². The van der Waals surface area contributed by atoms with Gasteiger partial charge in [0.2, 0.25) is 0 Å². The maximum atomic E-state index is 11.8. The molecule has 2 aliphatic rings. The van der Waals surface area contributed by atoms with E-state index in [1.165, 1.54) is 0 Å². The molecule has 5 heteroatoms. The number of carbonyl (C=O) groups excluding carboxylic acids is 1. The molecule has 0 radical (unpaired) electrons. The second-order valence-electron chi connectivity index (χ2n) is 5.11. The molecule has 92 valence electrons. The average Bonchev–Trinajstić information content (AvgIpc) is 2.13. The number of ether oxygens (including phenoxy) is 1. The van der Waals surface area contributed by atoms with Crippen LogP contribution in [0, 0.1) is 5.92 Å². The van der Waals surface area contributed by atoms with Crippen molar-refractivity contribution in [3.8, 4) is 0 Å². The lowest BCUT2D eigenvalue weighted by Crippen LogP contribution is -2.47. The number of hydrogen-bond acceptors (Lipinski definition) is 4. The molecule has 1 unspecified atom stereocenters. The fraction of sp³-hybridized carbons (Fsp3) is 0.909. The van der Waals surface area contributed by atoms with Gasteiger partial charge < -0.3 is 4.74 Å². The second-order valence-corrected chi connectivity index (χ2v) is 7.25. The fourth-order valence-corrected chi connectivity index (χ4v) is 3.35. The molecule has 1 aliphatic heterocycles. The molecule has 0 N–H and O–H groups in total. The molecule has 2 fully saturated rings. The van der Waals surface area contributed by atoms with Crippen LogP contribution in [0.25, 0.3) is 0 Å². The lowest BCUT2D eigenvalue weighted by atomic mass is 9.71. The summed E-state index contributed by atoms with van der Waals surface area (Å²) in [7, 11) is -3.19. The molecule has 4 nitrogen and oxygen atoms in total. The monoisotopic (exact) mass is 246 g/mol. The lowest BCUT2D eigenvalue weighted by molar-refractivity contribution is -0.154. The molecule has 16 heavy (non-hydrogen) atoms.